The molecular weight excluding hydrogens is 334 g/mol. The van der Waals surface area contributed by atoms with Crippen molar-refractivity contribution in [2.45, 2.75) is 18.9 Å². The van der Waals surface area contributed by atoms with Crippen LogP contribution in [0, 0.1) is 0 Å². The van der Waals surface area contributed by atoms with E-state index in [2.05, 4.69) is 27.8 Å². The van der Waals surface area contributed by atoms with Crippen molar-refractivity contribution in [3.63, 3.8) is 0 Å². The van der Waals surface area contributed by atoms with Crippen LogP contribution in [0.3, 0.4) is 0 Å². The Hall–Kier alpha value is -2.30. The Balaban J connectivity index is 1.98. The summed E-state index contributed by atoms with van der Waals surface area (Å²) in [5.74, 6) is 0.00814. The molecule has 3 N–H and O–H groups in total. The summed E-state index contributed by atoms with van der Waals surface area (Å²) in [4.78, 5) is 15.2. The summed E-state index contributed by atoms with van der Waals surface area (Å²) in [5.41, 5.74) is 3.31. The van der Waals surface area contributed by atoms with Gasteiger partial charge in [-0.25, -0.2) is 0 Å². The minimum Gasteiger partial charge on any atom is -0.361 e. The molecule has 0 saturated heterocycles. The molecule has 3 aromatic rings. The second kappa shape index (κ2) is 7.72. The summed E-state index contributed by atoms with van der Waals surface area (Å²) in [6.07, 6.45) is 2.03. The lowest BCUT2D eigenvalue weighted by Crippen LogP contribution is -2.42. The average molecular weight is 356 g/mol. The molecule has 0 aliphatic carbocycles. The molecule has 0 radical (unpaired) electrons. The molecule has 0 saturated carbocycles. The Labute approximate surface area is 152 Å². The van der Waals surface area contributed by atoms with Gasteiger partial charge in [-0.05, 0) is 30.2 Å². The van der Waals surface area contributed by atoms with E-state index in [4.69, 9.17) is 11.6 Å². The monoisotopic (exact) mass is 355 g/mol. The molecule has 0 fully saturated rings. The highest BCUT2D eigenvalue weighted by molar-refractivity contribution is 6.31. The normalized spacial score (nSPS) is 13.6. The second-order valence-electron chi connectivity index (χ2n) is 6.11. The molecule has 0 bridgehead atoms. The van der Waals surface area contributed by atoms with Gasteiger partial charge in [-0.2, -0.15) is 0 Å². The Morgan fingerprint density at radius 2 is 1.84 bits per heavy atom. The zero-order valence-corrected chi connectivity index (χ0v) is 15.1. The van der Waals surface area contributed by atoms with Gasteiger partial charge in [0, 0.05) is 41.6 Å². The fourth-order valence-corrected chi connectivity index (χ4v) is 3.40. The van der Waals surface area contributed by atoms with E-state index in [-0.39, 0.29) is 17.9 Å². The van der Waals surface area contributed by atoms with Crippen molar-refractivity contribution in [2.75, 3.05) is 13.6 Å². The number of hydrogen-bond acceptors (Lipinski definition) is 2. The van der Waals surface area contributed by atoms with Gasteiger partial charge in [-0.1, -0.05) is 48.0 Å². The van der Waals surface area contributed by atoms with Crippen molar-refractivity contribution in [1.29, 1.82) is 0 Å². The van der Waals surface area contributed by atoms with Crippen LogP contribution in [0.15, 0.2) is 54.7 Å². The number of nitrogens with one attached hydrogen (secondary N) is 3. The van der Waals surface area contributed by atoms with Crippen LogP contribution in [0.5, 0.6) is 0 Å². The number of likely N-dealkylation sites (N-methyl/N-ethyl adjacent to an activating group) is 1. The van der Waals surface area contributed by atoms with E-state index in [0.29, 0.717) is 6.54 Å². The van der Waals surface area contributed by atoms with Gasteiger partial charge in [0.2, 0.25) is 5.91 Å². The third kappa shape index (κ3) is 3.70. The number of amides is 1. The molecule has 130 valence electrons. The average Bonchev–Trinajstić information content (AvgIpc) is 3.06. The Morgan fingerprint density at radius 3 is 2.60 bits per heavy atom. The molecule has 4 nitrogen and oxygen atoms in total. The molecule has 0 aliphatic heterocycles. The number of aromatic amines is 1. The molecule has 2 aromatic carbocycles. The predicted octanol–water partition coefficient (Wildman–Crippen LogP) is 3.68. The fraction of sp³-hybridized carbons (Fsp3) is 0.250. The number of rotatable bonds is 6. The number of H-pyrrole nitrogens is 1. The summed E-state index contributed by atoms with van der Waals surface area (Å²) in [6.45, 7) is 2.47. The smallest absolute Gasteiger partial charge is 0.236 e. The molecule has 1 aromatic heterocycles. The lowest BCUT2D eigenvalue weighted by atomic mass is 9.90. The summed E-state index contributed by atoms with van der Waals surface area (Å²) in [7, 11) is 1.64. The summed E-state index contributed by atoms with van der Waals surface area (Å²) < 4.78 is 0. The van der Waals surface area contributed by atoms with Gasteiger partial charge in [0.25, 0.3) is 0 Å². The number of halogens is 1. The number of carbonyl (C=O) groups is 1. The topological polar surface area (TPSA) is 56.9 Å². The van der Waals surface area contributed by atoms with Crippen molar-refractivity contribution in [1.82, 2.24) is 15.6 Å². The minimum absolute atomic E-state index is 0.0307. The van der Waals surface area contributed by atoms with Gasteiger partial charge < -0.3 is 15.6 Å². The van der Waals surface area contributed by atoms with Crippen LogP contribution >= 0.6 is 11.6 Å². The van der Waals surface area contributed by atoms with Crippen LogP contribution < -0.4 is 10.6 Å². The third-order valence-corrected chi connectivity index (χ3v) is 4.89. The predicted molar refractivity (Wildman–Crippen MR) is 103 cm³/mol. The first-order valence-electron chi connectivity index (χ1n) is 8.37. The van der Waals surface area contributed by atoms with Crippen LogP contribution in [0.2, 0.25) is 5.02 Å². The van der Waals surface area contributed by atoms with Crippen molar-refractivity contribution < 1.29 is 4.79 Å². The van der Waals surface area contributed by atoms with Crippen molar-refractivity contribution in [3.8, 4) is 0 Å². The first kappa shape index (κ1) is 17.5. The van der Waals surface area contributed by atoms with Gasteiger partial charge in [-0.3, -0.25) is 4.79 Å². The minimum atomic E-state index is -0.278. The van der Waals surface area contributed by atoms with Crippen molar-refractivity contribution >= 4 is 28.4 Å². The zero-order valence-electron chi connectivity index (χ0n) is 14.3. The van der Waals surface area contributed by atoms with Gasteiger partial charge in [0.05, 0.1) is 6.04 Å². The Morgan fingerprint density at radius 1 is 1.12 bits per heavy atom. The van der Waals surface area contributed by atoms with Crippen LogP contribution in [-0.4, -0.2) is 30.5 Å². The molecule has 5 heteroatoms. The standard InChI is InChI=1S/C20H22ClN3O/c1-13(20(25)22-2)23-11-16(14-7-3-5-9-18(14)21)17-12-24-19-10-6-4-8-15(17)19/h3-10,12-13,16,23-24H,11H2,1-2H3,(H,22,25)/t13-,16-/m0/s1. The maximum absolute atomic E-state index is 11.8. The Kier molecular flexibility index (Phi) is 5.41. The number of hydrogen-bond donors (Lipinski definition) is 3. The third-order valence-electron chi connectivity index (χ3n) is 4.55. The maximum Gasteiger partial charge on any atom is 0.236 e. The van der Waals surface area contributed by atoms with E-state index in [9.17, 15) is 4.79 Å². The lowest BCUT2D eigenvalue weighted by molar-refractivity contribution is -0.122. The van der Waals surface area contributed by atoms with Crippen LogP contribution in [0.1, 0.15) is 24.0 Å². The first-order chi connectivity index (χ1) is 12.1. The molecule has 0 spiro atoms. The first-order valence-corrected chi connectivity index (χ1v) is 8.75. The molecule has 25 heavy (non-hydrogen) atoms. The largest absolute Gasteiger partial charge is 0.361 e. The summed E-state index contributed by atoms with van der Waals surface area (Å²) >= 11 is 6.47. The van der Waals surface area contributed by atoms with Crippen molar-refractivity contribution in [3.05, 3.63) is 70.9 Å². The van der Waals surface area contributed by atoms with Gasteiger partial charge >= 0.3 is 0 Å². The Bertz CT molecular complexity index is 874. The van der Waals surface area contributed by atoms with Crippen LogP contribution in [0.25, 0.3) is 10.9 Å². The highest BCUT2D eigenvalue weighted by Crippen LogP contribution is 2.34. The van der Waals surface area contributed by atoms with Crippen LogP contribution in [-0.2, 0) is 4.79 Å². The molecule has 2 atom stereocenters. The van der Waals surface area contributed by atoms with Crippen LogP contribution in [0.4, 0.5) is 0 Å². The highest BCUT2D eigenvalue weighted by atomic mass is 35.5. The molecule has 0 unspecified atom stereocenters. The highest BCUT2D eigenvalue weighted by Gasteiger charge is 2.22. The second-order valence-corrected chi connectivity index (χ2v) is 6.52. The SMILES string of the molecule is CNC(=O)[C@H](C)NC[C@@H](c1ccccc1Cl)c1c[nH]c2ccccc12. The number of aromatic nitrogens is 1. The maximum atomic E-state index is 11.8. The van der Waals surface area contributed by atoms with E-state index in [1.807, 2.05) is 49.5 Å². The van der Waals surface area contributed by atoms with E-state index in [0.717, 1.165) is 16.1 Å². The van der Waals surface area contributed by atoms with Gasteiger partial charge in [0.15, 0.2) is 0 Å². The molecule has 1 heterocycles. The van der Waals surface area contributed by atoms with E-state index in [1.165, 1.54) is 10.9 Å². The van der Waals surface area contributed by atoms with E-state index in [1.54, 1.807) is 7.05 Å². The number of para-hydroxylation sites is 1. The molecule has 3 rings (SSSR count). The molecular formula is C20H22ClN3O. The van der Waals surface area contributed by atoms with Crippen molar-refractivity contribution in [2.24, 2.45) is 0 Å². The molecule has 0 aliphatic rings. The van der Waals surface area contributed by atoms with Gasteiger partial charge in [0.1, 0.15) is 0 Å². The molecule has 1 amide bonds. The zero-order chi connectivity index (χ0) is 17.8. The fourth-order valence-electron chi connectivity index (χ4n) is 3.13. The van der Waals surface area contributed by atoms with Gasteiger partial charge in [-0.15, -0.1) is 0 Å². The quantitative estimate of drug-likeness (QED) is 0.631. The lowest BCUT2D eigenvalue weighted by Gasteiger charge is -2.21. The summed E-state index contributed by atoms with van der Waals surface area (Å²) in [5, 5.41) is 7.90. The number of benzene rings is 2. The summed E-state index contributed by atoms with van der Waals surface area (Å²) in [6, 6.07) is 15.8. The number of carbonyl (C=O) groups excluding carboxylic acids is 1. The van der Waals surface area contributed by atoms with E-state index < -0.39 is 0 Å². The van der Waals surface area contributed by atoms with E-state index >= 15 is 0 Å². The number of fused-ring (bicyclic) bond motifs is 1.